The van der Waals surface area contributed by atoms with Crippen molar-refractivity contribution >= 4 is 56.0 Å². The normalized spacial score (nSPS) is 17.6. The molecule has 2 aromatic rings. The average molecular weight is 490 g/mol. The third-order valence-electron chi connectivity index (χ3n) is 4.49. The second kappa shape index (κ2) is 10.2. The Labute approximate surface area is 189 Å². The van der Waals surface area contributed by atoms with Gasteiger partial charge in [0, 0.05) is 18.0 Å². The molecule has 2 aromatic carbocycles. The number of methoxy groups -OCH3 is 1. The minimum atomic E-state index is -0.519. The second-order valence-electron chi connectivity index (χ2n) is 7.06. The van der Waals surface area contributed by atoms with Gasteiger partial charge in [0.15, 0.2) is 5.17 Å². The number of ether oxygens (including phenoxy) is 1. The lowest BCUT2D eigenvalue weighted by atomic mass is 10.1. The van der Waals surface area contributed by atoms with Gasteiger partial charge >= 0.3 is 0 Å². The summed E-state index contributed by atoms with van der Waals surface area (Å²) in [6.07, 6.45) is 0.0696. The van der Waals surface area contributed by atoms with E-state index in [2.05, 4.69) is 27.3 Å². The molecule has 3 rings (SSSR count). The van der Waals surface area contributed by atoms with Crippen LogP contribution < -0.4 is 5.32 Å². The molecule has 0 bridgehead atoms. The van der Waals surface area contributed by atoms with E-state index in [0.717, 1.165) is 21.3 Å². The summed E-state index contributed by atoms with van der Waals surface area (Å²) >= 11 is 4.74. The van der Waals surface area contributed by atoms with Crippen molar-refractivity contribution in [3.63, 3.8) is 0 Å². The van der Waals surface area contributed by atoms with E-state index in [0.29, 0.717) is 24.0 Å². The first-order valence-electron chi connectivity index (χ1n) is 9.55. The second-order valence-corrected chi connectivity index (χ2v) is 9.09. The van der Waals surface area contributed by atoms with Gasteiger partial charge in [0.2, 0.25) is 11.8 Å². The monoisotopic (exact) mass is 489 g/mol. The van der Waals surface area contributed by atoms with Crippen LogP contribution in [0.2, 0.25) is 0 Å². The first kappa shape index (κ1) is 22.5. The van der Waals surface area contributed by atoms with E-state index in [-0.39, 0.29) is 18.2 Å². The van der Waals surface area contributed by atoms with E-state index >= 15 is 0 Å². The maximum atomic E-state index is 13.0. The van der Waals surface area contributed by atoms with Crippen LogP contribution in [0.3, 0.4) is 0 Å². The first-order valence-corrected chi connectivity index (χ1v) is 11.2. The molecule has 1 atom stereocenters. The maximum Gasteiger partial charge on any atom is 0.242 e. The Hall–Kier alpha value is -2.16. The Morgan fingerprint density at radius 1 is 1.23 bits per heavy atom. The first-order chi connectivity index (χ1) is 14.4. The molecule has 158 valence electrons. The van der Waals surface area contributed by atoms with Crippen LogP contribution >= 0.6 is 27.7 Å². The molecule has 8 heteroatoms. The van der Waals surface area contributed by atoms with Crippen molar-refractivity contribution in [1.29, 1.82) is 0 Å². The number of hydrogen-bond donors (Lipinski definition) is 1. The fraction of sp³-hybridized carbons (Fsp3) is 0.318. The van der Waals surface area contributed by atoms with Gasteiger partial charge in [-0.25, -0.2) is 4.99 Å². The van der Waals surface area contributed by atoms with E-state index in [1.165, 1.54) is 11.8 Å². The fourth-order valence-corrected chi connectivity index (χ4v) is 4.74. The van der Waals surface area contributed by atoms with Gasteiger partial charge in [-0.3, -0.25) is 14.5 Å². The number of benzene rings is 2. The molecule has 1 unspecified atom stereocenters. The largest absolute Gasteiger partial charge is 0.383 e. The zero-order chi connectivity index (χ0) is 21.7. The van der Waals surface area contributed by atoms with Crippen molar-refractivity contribution < 1.29 is 14.3 Å². The van der Waals surface area contributed by atoms with Crippen LogP contribution in [0.25, 0.3) is 0 Å². The average Bonchev–Trinajstić information content (AvgIpc) is 2.95. The summed E-state index contributed by atoms with van der Waals surface area (Å²) in [6, 6.07) is 13.4. The van der Waals surface area contributed by atoms with Crippen molar-refractivity contribution in [1.82, 2.24) is 4.90 Å². The van der Waals surface area contributed by atoms with E-state index in [9.17, 15) is 9.59 Å². The number of anilines is 1. The highest BCUT2D eigenvalue weighted by Crippen LogP contribution is 2.32. The summed E-state index contributed by atoms with van der Waals surface area (Å²) in [5, 5.41) is 2.94. The lowest BCUT2D eigenvalue weighted by molar-refractivity contribution is -0.128. The molecule has 0 saturated carbocycles. The van der Waals surface area contributed by atoms with E-state index in [1.54, 1.807) is 12.0 Å². The van der Waals surface area contributed by atoms with E-state index in [4.69, 9.17) is 9.73 Å². The number of nitrogens with zero attached hydrogens (tertiary/aromatic N) is 2. The Kier molecular flexibility index (Phi) is 7.69. The molecule has 1 heterocycles. The van der Waals surface area contributed by atoms with Crippen molar-refractivity contribution in [3.05, 3.63) is 58.1 Å². The van der Waals surface area contributed by atoms with Crippen LogP contribution in [0.15, 0.2) is 51.9 Å². The molecule has 0 aliphatic carbocycles. The third kappa shape index (κ3) is 5.71. The molecule has 0 spiro atoms. The number of thioether (sulfide) groups is 1. The number of rotatable bonds is 7. The molecule has 0 aromatic heterocycles. The number of aryl methyl sites for hydroxylation is 2. The van der Waals surface area contributed by atoms with Crippen LogP contribution in [0.1, 0.15) is 17.5 Å². The van der Waals surface area contributed by atoms with Gasteiger partial charge in [-0.1, -0.05) is 30.0 Å². The van der Waals surface area contributed by atoms with Crippen LogP contribution in [-0.4, -0.2) is 47.4 Å². The van der Waals surface area contributed by atoms with Crippen molar-refractivity contribution in [2.75, 3.05) is 25.6 Å². The molecule has 1 fully saturated rings. The van der Waals surface area contributed by atoms with E-state index < -0.39 is 5.25 Å². The van der Waals surface area contributed by atoms with Crippen molar-refractivity contribution in [2.24, 2.45) is 4.99 Å². The van der Waals surface area contributed by atoms with Crippen molar-refractivity contribution in [2.45, 2.75) is 25.5 Å². The zero-order valence-electron chi connectivity index (χ0n) is 17.1. The topological polar surface area (TPSA) is 71.0 Å². The van der Waals surface area contributed by atoms with Gasteiger partial charge in [0.05, 0.1) is 24.5 Å². The number of hydrogen-bond acceptors (Lipinski definition) is 5. The Morgan fingerprint density at radius 3 is 2.60 bits per heavy atom. The van der Waals surface area contributed by atoms with Gasteiger partial charge in [0.25, 0.3) is 0 Å². The molecule has 0 radical (unpaired) electrons. The van der Waals surface area contributed by atoms with Crippen LogP contribution in [0.5, 0.6) is 0 Å². The number of amides is 2. The van der Waals surface area contributed by atoms with Crippen LogP contribution in [0.4, 0.5) is 11.4 Å². The number of carbonyl (C=O) groups excluding carboxylic acids is 2. The number of aliphatic imine (C=N–C) groups is 1. The fourth-order valence-electron chi connectivity index (χ4n) is 3.17. The molecule has 30 heavy (non-hydrogen) atoms. The van der Waals surface area contributed by atoms with Gasteiger partial charge in [-0.2, -0.15) is 0 Å². The summed E-state index contributed by atoms with van der Waals surface area (Å²) in [6.45, 7) is 4.82. The molecule has 1 aliphatic heterocycles. The number of halogens is 1. The lowest BCUT2D eigenvalue weighted by Crippen LogP contribution is -2.35. The summed E-state index contributed by atoms with van der Waals surface area (Å²) in [5.74, 6) is -0.338. The number of para-hydroxylation sites is 1. The molecule has 1 aliphatic rings. The third-order valence-corrected chi connectivity index (χ3v) is 6.36. The van der Waals surface area contributed by atoms with Crippen LogP contribution in [-0.2, 0) is 14.3 Å². The van der Waals surface area contributed by atoms with Gasteiger partial charge in [0.1, 0.15) is 5.25 Å². The summed E-state index contributed by atoms with van der Waals surface area (Å²) in [4.78, 5) is 31.9. The molecule has 1 N–H and O–H groups in total. The minimum Gasteiger partial charge on any atom is -0.383 e. The molecule has 6 nitrogen and oxygen atoms in total. The highest BCUT2D eigenvalue weighted by molar-refractivity contribution is 9.10. The van der Waals surface area contributed by atoms with E-state index in [1.807, 2.05) is 50.2 Å². The van der Waals surface area contributed by atoms with Gasteiger partial charge in [-0.15, -0.1) is 0 Å². The van der Waals surface area contributed by atoms with Gasteiger partial charge in [-0.05, 0) is 65.2 Å². The summed E-state index contributed by atoms with van der Waals surface area (Å²) < 4.78 is 5.95. The summed E-state index contributed by atoms with van der Waals surface area (Å²) in [7, 11) is 1.59. The predicted molar refractivity (Wildman–Crippen MR) is 125 cm³/mol. The zero-order valence-corrected chi connectivity index (χ0v) is 19.5. The number of amidine groups is 1. The molecular formula is C22H24BrN3O3S. The standard InChI is InChI=1S/C22H24BrN3O3S/c1-14-10-15(2)12-16(11-14)24-22-26(8-9-29-3)21(28)19(30-22)13-20(27)25-18-7-5-4-6-17(18)23/h4-7,10-12,19H,8-9,13H2,1-3H3,(H,25,27). The molecule has 2 amide bonds. The Morgan fingerprint density at radius 2 is 1.93 bits per heavy atom. The Balaban J connectivity index is 1.77. The SMILES string of the molecule is COCCN1C(=O)C(CC(=O)Nc2ccccc2Br)SC1=Nc1cc(C)cc(C)c1. The highest BCUT2D eigenvalue weighted by Gasteiger charge is 2.39. The quantitative estimate of drug-likeness (QED) is 0.613. The highest BCUT2D eigenvalue weighted by atomic mass is 79.9. The van der Waals surface area contributed by atoms with Crippen molar-refractivity contribution in [3.8, 4) is 0 Å². The molecular weight excluding hydrogens is 466 g/mol. The Bertz CT molecular complexity index is 960. The van der Waals surface area contributed by atoms with Crippen LogP contribution in [0, 0.1) is 13.8 Å². The predicted octanol–water partition coefficient (Wildman–Crippen LogP) is 4.67. The number of nitrogens with one attached hydrogen (secondary N) is 1. The lowest BCUT2D eigenvalue weighted by Gasteiger charge is -2.16. The smallest absolute Gasteiger partial charge is 0.242 e. The molecule has 1 saturated heterocycles. The minimum absolute atomic E-state index is 0.0696. The summed E-state index contributed by atoms with van der Waals surface area (Å²) in [5.41, 5.74) is 3.69. The van der Waals surface area contributed by atoms with Gasteiger partial charge < -0.3 is 10.1 Å². The maximum absolute atomic E-state index is 13.0. The number of carbonyl (C=O) groups is 2.